The minimum atomic E-state index is 0.412. The molecule has 0 aromatic rings. The van der Waals surface area contributed by atoms with E-state index in [1.807, 2.05) is 0 Å². The minimum absolute atomic E-state index is 0.412. The van der Waals surface area contributed by atoms with Crippen LogP contribution in [-0.4, -0.2) is 6.04 Å². The summed E-state index contributed by atoms with van der Waals surface area (Å²) in [6.07, 6.45) is 11.4. The molecule has 1 nitrogen and oxygen atoms in total. The number of hydrogen-bond acceptors (Lipinski definition) is 1. The number of hydrogen-bond donors (Lipinski definition) is 1. The van der Waals surface area contributed by atoms with Crippen LogP contribution in [0.1, 0.15) is 58.3 Å². The lowest BCUT2D eigenvalue weighted by Gasteiger charge is -2.20. The Kier molecular flexibility index (Phi) is 4.67. The Morgan fingerprint density at radius 2 is 1.58 bits per heavy atom. The van der Waals surface area contributed by atoms with Gasteiger partial charge in [0.1, 0.15) is 0 Å². The van der Waals surface area contributed by atoms with Gasteiger partial charge < -0.3 is 5.73 Å². The molecule has 0 amide bonds. The number of rotatable bonds is 2. The van der Waals surface area contributed by atoms with Crippen LogP contribution in [0.2, 0.25) is 0 Å². The van der Waals surface area contributed by atoms with E-state index in [1.54, 1.807) is 0 Å². The Hall–Kier alpha value is -0.0400. The highest BCUT2D eigenvalue weighted by Gasteiger charge is 2.12. The van der Waals surface area contributed by atoms with Gasteiger partial charge in [-0.2, -0.15) is 0 Å². The fraction of sp³-hybridized carbons (Fsp3) is 1.00. The Bertz CT molecular complexity index is 102. The molecule has 0 saturated heterocycles. The first kappa shape index (κ1) is 10.0. The second-order valence-electron chi connectivity index (χ2n) is 4.42. The summed E-state index contributed by atoms with van der Waals surface area (Å²) < 4.78 is 0. The first-order valence-electron chi connectivity index (χ1n) is 5.54. The van der Waals surface area contributed by atoms with E-state index in [9.17, 15) is 0 Å². The highest BCUT2D eigenvalue weighted by Crippen LogP contribution is 2.25. The molecule has 1 aliphatic rings. The normalized spacial score (nSPS) is 24.5. The summed E-state index contributed by atoms with van der Waals surface area (Å²) in [4.78, 5) is 0. The zero-order chi connectivity index (χ0) is 8.81. The monoisotopic (exact) mass is 169 g/mol. The maximum Gasteiger partial charge on any atom is 0.00131 e. The Morgan fingerprint density at radius 1 is 1.08 bits per heavy atom. The molecule has 0 bridgehead atoms. The lowest BCUT2D eigenvalue weighted by molar-refractivity contribution is 0.342. The highest BCUT2D eigenvalue weighted by molar-refractivity contribution is 4.67. The molecular formula is C11H23N. The van der Waals surface area contributed by atoms with E-state index >= 15 is 0 Å². The van der Waals surface area contributed by atoms with Gasteiger partial charge in [0.05, 0.1) is 0 Å². The third-order valence-corrected chi connectivity index (χ3v) is 2.93. The predicted octanol–water partition coefficient (Wildman–Crippen LogP) is 3.08. The molecule has 12 heavy (non-hydrogen) atoms. The van der Waals surface area contributed by atoms with Gasteiger partial charge in [0.25, 0.3) is 0 Å². The molecule has 1 fully saturated rings. The molecule has 0 spiro atoms. The maximum absolute atomic E-state index is 5.81. The van der Waals surface area contributed by atoms with Gasteiger partial charge in [0, 0.05) is 6.04 Å². The van der Waals surface area contributed by atoms with Crippen LogP contribution in [0.25, 0.3) is 0 Å². The van der Waals surface area contributed by atoms with Crippen LogP contribution in [0.5, 0.6) is 0 Å². The lowest BCUT2D eigenvalue weighted by atomic mass is 9.87. The van der Waals surface area contributed by atoms with Gasteiger partial charge in [0.2, 0.25) is 0 Å². The largest absolute Gasteiger partial charge is 0.328 e. The van der Waals surface area contributed by atoms with Crippen molar-refractivity contribution in [2.45, 2.75) is 64.3 Å². The average Bonchev–Trinajstić information content (AvgIpc) is 1.93. The SMILES string of the molecule is C[C@@H](N)CC1CCCCCCC1. The standard InChI is InChI=1S/C11H23N/c1-10(12)9-11-7-5-3-2-4-6-8-11/h10-11H,2-9,12H2,1H3/t10-/m1/s1. The molecule has 1 atom stereocenters. The zero-order valence-corrected chi connectivity index (χ0v) is 8.39. The Morgan fingerprint density at radius 3 is 2.08 bits per heavy atom. The molecule has 1 heteroatoms. The van der Waals surface area contributed by atoms with Crippen LogP contribution in [0.3, 0.4) is 0 Å². The summed E-state index contributed by atoms with van der Waals surface area (Å²) in [7, 11) is 0. The van der Waals surface area contributed by atoms with Crippen molar-refractivity contribution in [1.29, 1.82) is 0 Å². The van der Waals surface area contributed by atoms with Crippen LogP contribution in [0, 0.1) is 5.92 Å². The van der Waals surface area contributed by atoms with Crippen LogP contribution < -0.4 is 5.73 Å². The van der Waals surface area contributed by atoms with Crippen molar-refractivity contribution in [3.8, 4) is 0 Å². The van der Waals surface area contributed by atoms with Gasteiger partial charge in [-0.3, -0.25) is 0 Å². The van der Waals surface area contributed by atoms with Crippen molar-refractivity contribution in [2.24, 2.45) is 11.7 Å². The van der Waals surface area contributed by atoms with Crippen molar-refractivity contribution in [2.75, 3.05) is 0 Å². The zero-order valence-electron chi connectivity index (χ0n) is 8.39. The Labute approximate surface area is 76.7 Å². The fourth-order valence-electron chi connectivity index (χ4n) is 2.30. The van der Waals surface area contributed by atoms with Gasteiger partial charge in [0.15, 0.2) is 0 Å². The molecule has 72 valence electrons. The summed E-state index contributed by atoms with van der Waals surface area (Å²) in [5.74, 6) is 0.935. The van der Waals surface area contributed by atoms with Crippen molar-refractivity contribution in [3.05, 3.63) is 0 Å². The first-order valence-corrected chi connectivity index (χ1v) is 5.54. The minimum Gasteiger partial charge on any atom is -0.328 e. The van der Waals surface area contributed by atoms with Gasteiger partial charge in [-0.05, 0) is 19.3 Å². The summed E-state index contributed by atoms with van der Waals surface area (Å²) in [5.41, 5.74) is 5.81. The van der Waals surface area contributed by atoms with E-state index in [1.165, 1.54) is 51.4 Å². The molecule has 2 N–H and O–H groups in total. The molecule has 0 aliphatic heterocycles. The van der Waals surface area contributed by atoms with Crippen molar-refractivity contribution < 1.29 is 0 Å². The molecule has 1 aliphatic carbocycles. The number of nitrogens with two attached hydrogens (primary N) is 1. The molecule has 0 radical (unpaired) electrons. The van der Waals surface area contributed by atoms with Crippen molar-refractivity contribution in [1.82, 2.24) is 0 Å². The maximum atomic E-state index is 5.81. The van der Waals surface area contributed by atoms with Crippen molar-refractivity contribution in [3.63, 3.8) is 0 Å². The van der Waals surface area contributed by atoms with Gasteiger partial charge in [-0.25, -0.2) is 0 Å². The third-order valence-electron chi connectivity index (χ3n) is 2.93. The first-order chi connectivity index (χ1) is 5.79. The van der Waals surface area contributed by atoms with Gasteiger partial charge in [-0.1, -0.05) is 44.9 Å². The highest BCUT2D eigenvalue weighted by atomic mass is 14.6. The Balaban J connectivity index is 2.20. The summed E-state index contributed by atoms with van der Waals surface area (Å²) in [6.45, 7) is 2.14. The summed E-state index contributed by atoms with van der Waals surface area (Å²) in [6, 6.07) is 0.412. The lowest BCUT2D eigenvalue weighted by Crippen LogP contribution is -2.20. The second kappa shape index (κ2) is 5.58. The van der Waals surface area contributed by atoms with E-state index in [0.717, 1.165) is 5.92 Å². The van der Waals surface area contributed by atoms with E-state index < -0.39 is 0 Å². The smallest absolute Gasteiger partial charge is 0.00131 e. The topological polar surface area (TPSA) is 26.0 Å². The van der Waals surface area contributed by atoms with Crippen LogP contribution in [0.15, 0.2) is 0 Å². The molecule has 0 unspecified atom stereocenters. The molecular weight excluding hydrogens is 146 g/mol. The predicted molar refractivity (Wildman–Crippen MR) is 54.1 cm³/mol. The summed E-state index contributed by atoms with van der Waals surface area (Å²) in [5, 5.41) is 0. The molecule has 0 heterocycles. The average molecular weight is 169 g/mol. The van der Waals surface area contributed by atoms with E-state index in [0.29, 0.717) is 6.04 Å². The van der Waals surface area contributed by atoms with E-state index in [-0.39, 0.29) is 0 Å². The molecule has 0 aromatic carbocycles. The summed E-state index contributed by atoms with van der Waals surface area (Å²) >= 11 is 0. The second-order valence-corrected chi connectivity index (χ2v) is 4.42. The van der Waals surface area contributed by atoms with E-state index in [4.69, 9.17) is 5.73 Å². The fourth-order valence-corrected chi connectivity index (χ4v) is 2.30. The van der Waals surface area contributed by atoms with Gasteiger partial charge in [-0.15, -0.1) is 0 Å². The third kappa shape index (κ3) is 4.10. The van der Waals surface area contributed by atoms with Crippen molar-refractivity contribution >= 4 is 0 Å². The van der Waals surface area contributed by atoms with Crippen LogP contribution in [-0.2, 0) is 0 Å². The quantitative estimate of drug-likeness (QED) is 0.675. The van der Waals surface area contributed by atoms with Gasteiger partial charge >= 0.3 is 0 Å². The van der Waals surface area contributed by atoms with Crippen LogP contribution in [0.4, 0.5) is 0 Å². The van der Waals surface area contributed by atoms with E-state index in [2.05, 4.69) is 6.92 Å². The van der Waals surface area contributed by atoms with Crippen LogP contribution >= 0.6 is 0 Å². The molecule has 1 saturated carbocycles. The molecule has 0 aromatic heterocycles. The molecule has 1 rings (SSSR count).